The lowest BCUT2D eigenvalue weighted by molar-refractivity contribution is -0.156. The normalized spacial score (nSPS) is 30.2. The number of hydrogen-bond donors (Lipinski definition) is 0. The molecule has 0 aromatic heterocycles. The number of amides is 3. The van der Waals surface area contributed by atoms with Gasteiger partial charge in [0, 0.05) is 15.6 Å². The van der Waals surface area contributed by atoms with Crippen molar-refractivity contribution in [3.05, 3.63) is 80.8 Å². The number of carbonyl (C=O) groups excluding carboxylic acids is 4. The lowest BCUT2D eigenvalue weighted by Gasteiger charge is -2.37. The van der Waals surface area contributed by atoms with Crippen LogP contribution in [0.2, 0.25) is 15.1 Å². The molecule has 184 valence electrons. The van der Waals surface area contributed by atoms with E-state index in [0.717, 1.165) is 16.4 Å². The summed E-state index contributed by atoms with van der Waals surface area (Å²) in [5, 5.41) is 2.74. The van der Waals surface area contributed by atoms with Crippen molar-refractivity contribution in [3.8, 4) is 0 Å². The molecule has 36 heavy (non-hydrogen) atoms. The van der Waals surface area contributed by atoms with Gasteiger partial charge in [0.15, 0.2) is 5.78 Å². The van der Waals surface area contributed by atoms with Gasteiger partial charge in [-0.05, 0) is 79.5 Å². The summed E-state index contributed by atoms with van der Waals surface area (Å²) in [4.78, 5) is 55.1. The highest BCUT2D eigenvalue weighted by molar-refractivity contribution is 6.37. The Labute approximate surface area is 222 Å². The zero-order chi connectivity index (χ0) is 25.5. The third-order valence-electron chi connectivity index (χ3n) is 8.10. The topological polar surface area (TPSA) is 74.8 Å². The number of hydrazine groups is 1. The number of imide groups is 1. The maximum absolute atomic E-state index is 13.9. The summed E-state index contributed by atoms with van der Waals surface area (Å²) in [7, 11) is 0. The van der Waals surface area contributed by atoms with Crippen molar-refractivity contribution in [2.75, 3.05) is 0 Å². The fourth-order valence-electron chi connectivity index (χ4n) is 6.35. The molecule has 2 aromatic carbocycles. The van der Waals surface area contributed by atoms with E-state index in [1.54, 1.807) is 24.3 Å². The molecule has 5 aliphatic rings. The highest BCUT2D eigenvalue weighted by Crippen LogP contribution is 2.65. The third-order valence-corrected chi connectivity index (χ3v) is 8.90. The van der Waals surface area contributed by atoms with E-state index < -0.39 is 41.4 Å². The van der Waals surface area contributed by atoms with Crippen molar-refractivity contribution in [2.45, 2.75) is 19.4 Å². The van der Waals surface area contributed by atoms with Gasteiger partial charge in [0.1, 0.15) is 6.04 Å². The zero-order valence-corrected chi connectivity index (χ0v) is 21.4. The van der Waals surface area contributed by atoms with Gasteiger partial charge >= 0.3 is 0 Å². The monoisotopic (exact) mass is 542 g/mol. The van der Waals surface area contributed by atoms with Crippen LogP contribution in [0.1, 0.15) is 34.1 Å². The van der Waals surface area contributed by atoms with E-state index in [-0.39, 0.29) is 22.4 Å². The molecular weight excluding hydrogens is 523 g/mol. The van der Waals surface area contributed by atoms with E-state index in [9.17, 15) is 19.2 Å². The average Bonchev–Trinajstić information content (AvgIpc) is 3.64. The first kappa shape index (κ1) is 23.7. The summed E-state index contributed by atoms with van der Waals surface area (Å²) >= 11 is 18.3. The summed E-state index contributed by atoms with van der Waals surface area (Å²) in [6.07, 6.45) is 5.13. The van der Waals surface area contributed by atoms with Gasteiger partial charge in [0.2, 0.25) is 0 Å². The number of Topliss-reactive ketones (excluding diaryl/α,β-unsaturated/α-hetero) is 1. The molecule has 1 heterocycles. The van der Waals surface area contributed by atoms with Crippen LogP contribution in [0, 0.1) is 35.5 Å². The smallest absolute Gasteiger partial charge is 0.275 e. The van der Waals surface area contributed by atoms with E-state index >= 15 is 0 Å². The van der Waals surface area contributed by atoms with Gasteiger partial charge in [-0.2, -0.15) is 5.01 Å². The predicted molar refractivity (Wildman–Crippen MR) is 134 cm³/mol. The first-order valence-electron chi connectivity index (χ1n) is 11.8. The second-order valence-electron chi connectivity index (χ2n) is 9.96. The number of nitrogens with zero attached hydrogens (tertiary/aromatic N) is 2. The number of carbonyl (C=O) groups is 4. The molecule has 2 aromatic rings. The van der Waals surface area contributed by atoms with Gasteiger partial charge in [-0.1, -0.05) is 47.0 Å². The van der Waals surface area contributed by atoms with Crippen LogP contribution in [-0.2, 0) is 9.59 Å². The summed E-state index contributed by atoms with van der Waals surface area (Å²) in [6, 6.07) is 9.39. The van der Waals surface area contributed by atoms with Crippen molar-refractivity contribution in [3.63, 3.8) is 0 Å². The van der Waals surface area contributed by atoms with E-state index in [1.807, 2.05) is 0 Å². The first-order chi connectivity index (χ1) is 17.2. The number of benzene rings is 2. The van der Waals surface area contributed by atoms with Gasteiger partial charge in [-0.25, -0.2) is 5.01 Å². The minimum Gasteiger partial charge on any atom is -0.292 e. The fraction of sp³-hybridized carbons (Fsp3) is 0.333. The highest BCUT2D eigenvalue weighted by Gasteiger charge is 2.68. The van der Waals surface area contributed by atoms with Gasteiger partial charge in [-0.15, -0.1) is 0 Å². The molecule has 7 atom stereocenters. The molecule has 2 saturated carbocycles. The van der Waals surface area contributed by atoms with Crippen molar-refractivity contribution < 1.29 is 19.2 Å². The molecule has 3 fully saturated rings. The van der Waals surface area contributed by atoms with Gasteiger partial charge in [0.25, 0.3) is 17.7 Å². The summed E-state index contributed by atoms with van der Waals surface area (Å²) in [6.45, 7) is 1.51. The molecule has 1 aliphatic heterocycles. The van der Waals surface area contributed by atoms with Crippen LogP contribution >= 0.6 is 34.8 Å². The minimum absolute atomic E-state index is 0.0233. The SMILES string of the molecule is C[C@H](C(=O)c1ccc(Cl)cc1)N(C(=O)c1ccc(Cl)cc1Cl)N1C(=O)[C@@H]2[C@H]3C=C[C@@H]([C@@H]4C[C@@H]34)[C@@H]2C1=O. The quantitative estimate of drug-likeness (QED) is 0.290. The molecule has 4 aliphatic carbocycles. The minimum atomic E-state index is -1.17. The lowest BCUT2D eigenvalue weighted by Crippen LogP contribution is -2.56. The molecule has 2 bridgehead atoms. The van der Waals surface area contributed by atoms with Crippen LogP contribution in [0.3, 0.4) is 0 Å². The molecule has 6 nitrogen and oxygen atoms in total. The molecule has 3 amide bonds. The average molecular weight is 544 g/mol. The number of allylic oxidation sites excluding steroid dienone is 2. The Bertz CT molecular complexity index is 1320. The largest absolute Gasteiger partial charge is 0.292 e. The van der Waals surface area contributed by atoms with Crippen molar-refractivity contribution in [1.82, 2.24) is 10.0 Å². The summed E-state index contributed by atoms with van der Waals surface area (Å²) < 4.78 is 0. The lowest BCUT2D eigenvalue weighted by atomic mass is 9.63. The number of ketones is 1. The van der Waals surface area contributed by atoms with Crippen molar-refractivity contribution >= 4 is 58.3 Å². The molecule has 1 saturated heterocycles. The zero-order valence-electron chi connectivity index (χ0n) is 19.1. The van der Waals surface area contributed by atoms with E-state index in [1.165, 1.54) is 25.1 Å². The Morgan fingerprint density at radius 2 is 1.44 bits per heavy atom. The van der Waals surface area contributed by atoms with E-state index in [4.69, 9.17) is 34.8 Å². The Morgan fingerprint density at radius 1 is 0.889 bits per heavy atom. The first-order valence-corrected chi connectivity index (χ1v) is 13.0. The highest BCUT2D eigenvalue weighted by atomic mass is 35.5. The Hall–Kier alpha value is -2.67. The number of hydrogen-bond acceptors (Lipinski definition) is 4. The molecule has 0 spiro atoms. The Balaban J connectivity index is 1.42. The maximum Gasteiger partial charge on any atom is 0.275 e. The van der Waals surface area contributed by atoms with Crippen molar-refractivity contribution in [1.29, 1.82) is 0 Å². The number of halogens is 3. The predicted octanol–water partition coefficient (Wildman–Crippen LogP) is 5.33. The molecule has 0 unspecified atom stereocenters. The van der Waals surface area contributed by atoms with Crippen LogP contribution in [0.5, 0.6) is 0 Å². The van der Waals surface area contributed by atoms with E-state index in [0.29, 0.717) is 27.4 Å². The fourth-order valence-corrected chi connectivity index (χ4v) is 6.96. The Kier molecular flexibility index (Phi) is 5.56. The van der Waals surface area contributed by atoms with Gasteiger partial charge in [-0.3, -0.25) is 19.2 Å². The molecule has 7 rings (SSSR count). The third kappa shape index (κ3) is 3.46. The van der Waals surface area contributed by atoms with E-state index in [2.05, 4.69) is 12.2 Å². The summed E-state index contributed by atoms with van der Waals surface area (Å²) in [5.41, 5.74) is 0.336. The standard InChI is InChI=1S/C27H21Cl3N2O4/c1-12(24(33)13-2-4-14(28)5-3-13)31(25(34)18-7-6-15(29)10-21(18)30)32-26(35)22-16-8-9-17(20-11-19(16)20)23(22)27(32)36/h2-10,12,16-17,19-20,22-23H,11H2,1H3/t12-,16+,17+,19+,20+,22-,23+/m1/s1. The van der Waals surface area contributed by atoms with Gasteiger partial charge < -0.3 is 0 Å². The molecular formula is C27H21Cl3N2O4. The second kappa shape index (κ2) is 8.44. The van der Waals surface area contributed by atoms with Crippen molar-refractivity contribution in [2.24, 2.45) is 35.5 Å². The second-order valence-corrected chi connectivity index (χ2v) is 11.2. The number of rotatable bonds is 5. The Morgan fingerprint density at radius 3 is 2.00 bits per heavy atom. The maximum atomic E-state index is 13.9. The van der Waals surface area contributed by atoms with Crippen LogP contribution in [0.15, 0.2) is 54.6 Å². The van der Waals surface area contributed by atoms with Crippen LogP contribution < -0.4 is 0 Å². The van der Waals surface area contributed by atoms with Crippen LogP contribution in [0.4, 0.5) is 0 Å². The van der Waals surface area contributed by atoms with Crippen LogP contribution in [0.25, 0.3) is 0 Å². The molecule has 9 heteroatoms. The van der Waals surface area contributed by atoms with Crippen LogP contribution in [-0.4, -0.2) is 39.6 Å². The summed E-state index contributed by atoms with van der Waals surface area (Å²) in [5.74, 6) is -2.33. The molecule has 0 N–H and O–H groups in total. The van der Waals surface area contributed by atoms with Gasteiger partial charge in [0.05, 0.1) is 22.4 Å². The molecule has 0 radical (unpaired) electrons.